The lowest BCUT2D eigenvalue weighted by Crippen LogP contribution is -2.17. The lowest BCUT2D eigenvalue weighted by molar-refractivity contribution is -0.385. The quantitative estimate of drug-likeness (QED) is 0.505. The third kappa shape index (κ3) is 5.58. The predicted octanol–water partition coefficient (Wildman–Crippen LogP) is 2.96. The fourth-order valence-corrected chi connectivity index (χ4v) is 2.52. The van der Waals surface area contributed by atoms with Crippen molar-refractivity contribution in [1.82, 2.24) is 0 Å². The van der Waals surface area contributed by atoms with Gasteiger partial charge in [-0.3, -0.25) is 14.9 Å². The summed E-state index contributed by atoms with van der Waals surface area (Å²) < 4.78 is 0. The number of nitrogens with zero attached hydrogens (tertiary/aromatic N) is 1. The molecule has 2 aromatic rings. The van der Waals surface area contributed by atoms with Crippen LogP contribution in [0, 0.1) is 10.1 Å². The van der Waals surface area contributed by atoms with Gasteiger partial charge in [-0.05, 0) is 38.0 Å². The van der Waals surface area contributed by atoms with E-state index in [9.17, 15) is 14.9 Å². The van der Waals surface area contributed by atoms with E-state index < -0.39 is 12.5 Å². The highest BCUT2D eigenvalue weighted by Gasteiger charge is 2.13. The van der Waals surface area contributed by atoms with Gasteiger partial charge in [0.1, 0.15) is 6.61 Å². The summed E-state index contributed by atoms with van der Waals surface area (Å²) in [5.41, 5.74) is 2.27. The van der Waals surface area contributed by atoms with Crippen LogP contribution in [0.25, 0.3) is 0 Å². The lowest BCUT2D eigenvalue weighted by atomic mass is 10.0. The van der Waals surface area contributed by atoms with Gasteiger partial charge >= 0.3 is 0 Å². The van der Waals surface area contributed by atoms with Crippen molar-refractivity contribution in [2.24, 2.45) is 0 Å². The summed E-state index contributed by atoms with van der Waals surface area (Å²) in [6.45, 7) is 1.43. The van der Waals surface area contributed by atoms with Crippen LogP contribution in [0.15, 0.2) is 48.5 Å². The van der Waals surface area contributed by atoms with Gasteiger partial charge in [0.05, 0.1) is 4.92 Å². The Kier molecular flexibility index (Phi) is 6.47. The molecule has 0 aliphatic rings. The molecule has 0 saturated carbocycles. The molecule has 3 N–H and O–H groups in total. The Balaban J connectivity index is 1.94. The number of aliphatic hydroxyl groups excluding tert-OH is 1. The molecule has 1 unspecified atom stereocenters. The molecule has 1 amide bonds. The zero-order valence-electron chi connectivity index (χ0n) is 13.9. The average Bonchev–Trinajstić information content (AvgIpc) is 2.60. The summed E-state index contributed by atoms with van der Waals surface area (Å²) in [4.78, 5) is 21.9. The molecule has 0 spiro atoms. The number of nitro benzene ring substituents is 1. The number of para-hydroxylation sites is 1. The second-order valence-corrected chi connectivity index (χ2v) is 5.76. The zero-order valence-corrected chi connectivity index (χ0v) is 13.9. The van der Waals surface area contributed by atoms with Crippen LogP contribution in [0.4, 0.5) is 17.1 Å². The monoisotopic (exact) mass is 343 g/mol. The summed E-state index contributed by atoms with van der Waals surface area (Å²) in [5.74, 6) is -0.471. The molecule has 7 heteroatoms. The van der Waals surface area contributed by atoms with Gasteiger partial charge in [-0.2, -0.15) is 0 Å². The van der Waals surface area contributed by atoms with Gasteiger partial charge in [-0.1, -0.05) is 24.3 Å². The van der Waals surface area contributed by atoms with Gasteiger partial charge in [-0.25, -0.2) is 0 Å². The SMILES string of the molecule is CC(CCc1ccccc1[N+](=O)[O-])Nc1cccc(NC(=O)CO)c1. The van der Waals surface area contributed by atoms with E-state index in [2.05, 4.69) is 10.6 Å². The van der Waals surface area contributed by atoms with Gasteiger partial charge in [0.15, 0.2) is 0 Å². The first-order valence-corrected chi connectivity index (χ1v) is 7.99. The molecule has 2 rings (SSSR count). The molecule has 0 fully saturated rings. The highest BCUT2D eigenvalue weighted by molar-refractivity contribution is 5.91. The largest absolute Gasteiger partial charge is 0.387 e. The summed E-state index contributed by atoms with van der Waals surface area (Å²) in [6, 6.07) is 14.0. The highest BCUT2D eigenvalue weighted by Crippen LogP contribution is 2.21. The van der Waals surface area contributed by atoms with Gasteiger partial charge in [0, 0.05) is 29.0 Å². The molecule has 0 bridgehead atoms. The third-order valence-electron chi connectivity index (χ3n) is 3.74. The number of aliphatic hydroxyl groups is 1. The minimum absolute atomic E-state index is 0.0867. The highest BCUT2D eigenvalue weighted by atomic mass is 16.6. The minimum atomic E-state index is -0.566. The summed E-state index contributed by atoms with van der Waals surface area (Å²) in [7, 11) is 0. The molecule has 0 aliphatic carbocycles. The molecule has 0 aromatic heterocycles. The number of rotatable bonds is 8. The second-order valence-electron chi connectivity index (χ2n) is 5.76. The van der Waals surface area contributed by atoms with Crippen LogP contribution in [0.1, 0.15) is 18.9 Å². The van der Waals surface area contributed by atoms with E-state index in [-0.39, 0.29) is 16.7 Å². The van der Waals surface area contributed by atoms with E-state index in [1.807, 2.05) is 13.0 Å². The van der Waals surface area contributed by atoms with E-state index in [0.29, 0.717) is 17.7 Å². The van der Waals surface area contributed by atoms with E-state index in [1.54, 1.807) is 36.4 Å². The van der Waals surface area contributed by atoms with Gasteiger partial charge in [-0.15, -0.1) is 0 Å². The lowest BCUT2D eigenvalue weighted by Gasteiger charge is -2.16. The topological polar surface area (TPSA) is 105 Å². The molecule has 2 aromatic carbocycles. The van der Waals surface area contributed by atoms with Crippen molar-refractivity contribution in [3.8, 4) is 0 Å². The molecule has 1 atom stereocenters. The Morgan fingerprint density at radius 3 is 2.64 bits per heavy atom. The smallest absolute Gasteiger partial charge is 0.272 e. The first kappa shape index (κ1) is 18.4. The molecule has 132 valence electrons. The zero-order chi connectivity index (χ0) is 18.2. The number of aryl methyl sites for hydroxylation is 1. The molecule has 0 saturated heterocycles. The number of carbonyl (C=O) groups is 1. The Hall–Kier alpha value is -2.93. The predicted molar refractivity (Wildman–Crippen MR) is 96.7 cm³/mol. The summed E-state index contributed by atoms with van der Waals surface area (Å²) in [6.07, 6.45) is 1.31. The van der Waals surface area contributed by atoms with E-state index in [1.165, 1.54) is 6.07 Å². The van der Waals surface area contributed by atoms with E-state index in [0.717, 1.165) is 12.1 Å². The van der Waals surface area contributed by atoms with Crippen molar-refractivity contribution in [2.75, 3.05) is 17.2 Å². The number of hydrogen-bond donors (Lipinski definition) is 3. The maximum atomic E-state index is 11.2. The van der Waals surface area contributed by atoms with Crippen molar-refractivity contribution in [2.45, 2.75) is 25.8 Å². The fourth-order valence-electron chi connectivity index (χ4n) is 2.52. The molecule has 0 aliphatic heterocycles. The maximum absolute atomic E-state index is 11.2. The van der Waals surface area contributed by atoms with Crippen molar-refractivity contribution < 1.29 is 14.8 Å². The maximum Gasteiger partial charge on any atom is 0.272 e. The Morgan fingerprint density at radius 1 is 1.20 bits per heavy atom. The fraction of sp³-hybridized carbons (Fsp3) is 0.278. The summed E-state index contributed by atoms with van der Waals surface area (Å²) in [5, 5.41) is 25.7. The molecule has 0 radical (unpaired) electrons. The van der Waals surface area contributed by atoms with Crippen LogP contribution >= 0.6 is 0 Å². The Labute approximate surface area is 145 Å². The van der Waals surface area contributed by atoms with Crippen molar-refractivity contribution >= 4 is 23.0 Å². The number of carbonyl (C=O) groups excluding carboxylic acids is 1. The molecular formula is C18H21N3O4. The van der Waals surface area contributed by atoms with Crippen molar-refractivity contribution in [3.63, 3.8) is 0 Å². The Bertz CT molecular complexity index is 749. The second kappa shape index (κ2) is 8.79. The van der Waals surface area contributed by atoms with Crippen LogP contribution in [-0.2, 0) is 11.2 Å². The third-order valence-corrected chi connectivity index (χ3v) is 3.74. The first-order valence-electron chi connectivity index (χ1n) is 7.99. The molecule has 0 heterocycles. The standard InChI is InChI=1S/C18H21N3O4/c1-13(9-10-14-5-2-3-8-17(14)21(24)25)19-15-6-4-7-16(11-15)20-18(23)12-22/h2-8,11,13,19,22H,9-10,12H2,1H3,(H,20,23). The number of nitro groups is 1. The number of benzene rings is 2. The van der Waals surface area contributed by atoms with E-state index in [4.69, 9.17) is 5.11 Å². The van der Waals surface area contributed by atoms with Crippen LogP contribution in [0.2, 0.25) is 0 Å². The molecule has 25 heavy (non-hydrogen) atoms. The van der Waals surface area contributed by atoms with Crippen molar-refractivity contribution in [1.29, 1.82) is 0 Å². The van der Waals surface area contributed by atoms with Crippen LogP contribution < -0.4 is 10.6 Å². The van der Waals surface area contributed by atoms with Crippen LogP contribution in [0.3, 0.4) is 0 Å². The summed E-state index contributed by atoms with van der Waals surface area (Å²) >= 11 is 0. The molecule has 7 nitrogen and oxygen atoms in total. The minimum Gasteiger partial charge on any atom is -0.387 e. The van der Waals surface area contributed by atoms with Crippen LogP contribution in [0.5, 0.6) is 0 Å². The van der Waals surface area contributed by atoms with E-state index >= 15 is 0 Å². The molecular weight excluding hydrogens is 322 g/mol. The van der Waals surface area contributed by atoms with Gasteiger partial charge < -0.3 is 15.7 Å². The van der Waals surface area contributed by atoms with Crippen molar-refractivity contribution in [3.05, 3.63) is 64.2 Å². The number of amides is 1. The van der Waals surface area contributed by atoms with Crippen LogP contribution in [-0.4, -0.2) is 28.6 Å². The average molecular weight is 343 g/mol. The van der Waals surface area contributed by atoms with Gasteiger partial charge in [0.25, 0.3) is 5.69 Å². The normalized spacial score (nSPS) is 11.6. The first-order chi connectivity index (χ1) is 12.0. The number of hydrogen-bond acceptors (Lipinski definition) is 5. The Morgan fingerprint density at radius 2 is 1.92 bits per heavy atom. The van der Waals surface area contributed by atoms with Gasteiger partial charge in [0.2, 0.25) is 5.91 Å². The number of nitrogens with one attached hydrogen (secondary N) is 2. The number of anilines is 2.